The van der Waals surface area contributed by atoms with Crippen LogP contribution in [0.15, 0.2) is 272 Å². The van der Waals surface area contributed by atoms with Gasteiger partial charge in [0.05, 0.1) is 65.1 Å². The van der Waals surface area contributed by atoms with Crippen LogP contribution in [-0.2, 0) is 4.79 Å². The molecule has 632 valence electrons. The predicted octanol–water partition coefficient (Wildman–Crippen LogP) is 17.6. The normalized spacial score (nSPS) is 12.2. The highest BCUT2D eigenvalue weighted by atomic mass is 19.4. The minimum absolute atomic E-state index is 0.0194. The molecule has 3 aliphatic rings. The zero-order valence-electron chi connectivity index (χ0n) is 69.4. The highest BCUT2D eigenvalue weighted by Gasteiger charge is 2.29. The molecule has 15 rings (SSSR count). The lowest BCUT2D eigenvalue weighted by Gasteiger charge is -2.11. The second-order valence-electron chi connectivity index (χ2n) is 29.3. The molecule has 124 heavy (non-hydrogen) atoms. The minimum atomic E-state index is -4.64. The van der Waals surface area contributed by atoms with Crippen molar-refractivity contribution in [1.82, 2.24) is 35.5 Å². The van der Waals surface area contributed by atoms with E-state index in [2.05, 4.69) is 47.2 Å². The van der Waals surface area contributed by atoms with Crippen molar-refractivity contribution in [3.05, 3.63) is 356 Å². The number of carbonyl (C=O) groups excluding carboxylic acids is 8. The molecular formula is C97H95F3N16O8. The number of para-hydroxylation sites is 3. The molecule has 12 N–H and O–H groups in total. The number of aryl methyl sites for hydroxylation is 7. The number of hydrogen-bond acceptors (Lipinski definition) is 18. The fourth-order valence-corrected chi connectivity index (χ4v) is 11.4. The van der Waals surface area contributed by atoms with Crippen molar-refractivity contribution >= 4 is 87.9 Å². The Morgan fingerprint density at radius 3 is 1.18 bits per heavy atom. The molecule has 10 aromatic carbocycles. The number of aldehydes is 1. The molecule has 0 aliphatic heterocycles. The van der Waals surface area contributed by atoms with Crippen LogP contribution in [0.3, 0.4) is 0 Å². The van der Waals surface area contributed by atoms with E-state index >= 15 is 0 Å². The van der Waals surface area contributed by atoms with Gasteiger partial charge < -0.3 is 43.5 Å². The fourth-order valence-electron chi connectivity index (χ4n) is 11.4. The summed E-state index contributed by atoms with van der Waals surface area (Å²) in [5, 5.41) is 41.0. The largest absolute Gasteiger partial charge is 0.446 e. The number of Topliss-reactive ketones (excluding diaryl/α,β-unsaturated/α-hetero) is 2. The minimum Gasteiger partial charge on any atom is -0.383 e. The first-order valence-corrected chi connectivity index (χ1v) is 39.6. The molecule has 0 unspecified atom stereocenters. The number of aromatic nitrogens is 4. The molecule has 2 aromatic heterocycles. The lowest BCUT2D eigenvalue weighted by molar-refractivity contribution is -0.156. The van der Waals surface area contributed by atoms with Gasteiger partial charge in [0.1, 0.15) is 23.3 Å². The van der Waals surface area contributed by atoms with Crippen LogP contribution in [-0.4, -0.2) is 97.3 Å². The van der Waals surface area contributed by atoms with Crippen LogP contribution >= 0.6 is 0 Å². The van der Waals surface area contributed by atoms with E-state index in [0.29, 0.717) is 67.5 Å². The molecule has 0 radical (unpaired) electrons. The van der Waals surface area contributed by atoms with Gasteiger partial charge in [-0.2, -0.15) is 33.9 Å². The number of ketones is 4. The summed E-state index contributed by atoms with van der Waals surface area (Å²) in [6.07, 6.45) is 6.67. The Morgan fingerprint density at radius 1 is 0.468 bits per heavy atom. The summed E-state index contributed by atoms with van der Waals surface area (Å²) >= 11 is 0. The zero-order chi connectivity index (χ0) is 89.4. The van der Waals surface area contributed by atoms with E-state index in [-0.39, 0.29) is 76.6 Å². The molecule has 0 atom stereocenters. The standard InChI is InChI=1S/2C22H22N4O2.C17H14N2O.C13H12N2.C11H15N3O.C10H9NO.C2HF3O/c2*1-13-3-6-15(7-4-13)20(27)18-12-24-26(21(18)23)19-11-16(8-5-14(19)2)22(28)25-17-9-10-17;1-13-7-9-14(10-8-13)17(20)15(11-18)12-19-16-5-3-2-4-6-16;1-3-7-12(8-4-1)14-11-15-13-9-5-2-6-10-13;1-7-2-3-8(6-10(7)14-12)11(15)13-9-4-5-9;1-8-2-4-9(5-3-8)10(12)6-7-11;3-2(4,5)1-6/h2*3-8,11-12,17H,9-10,23H2,1-2H3,(H,25,28);2-10,12,19H,1H3;1-11H,(H,14,15);2-3,6,9,14H,4-5,12H2,1H3,(H,13,15);2-5H,6H2,1H3;1H/b;;15-12+;;;;. The first-order valence-electron chi connectivity index (χ1n) is 39.6. The van der Waals surface area contributed by atoms with Crippen molar-refractivity contribution in [1.29, 1.82) is 10.5 Å². The summed E-state index contributed by atoms with van der Waals surface area (Å²) in [6.45, 7) is 13.6. The van der Waals surface area contributed by atoms with Crippen LogP contribution < -0.4 is 49.3 Å². The number of nitriles is 2. The Hall–Kier alpha value is -15.5. The molecule has 12 aromatic rings. The first-order chi connectivity index (χ1) is 59.5. The second kappa shape index (κ2) is 45.1. The van der Waals surface area contributed by atoms with E-state index in [9.17, 15) is 46.7 Å². The van der Waals surface area contributed by atoms with Gasteiger partial charge in [0.25, 0.3) is 17.7 Å². The van der Waals surface area contributed by atoms with Crippen molar-refractivity contribution in [2.45, 2.75) is 118 Å². The third kappa shape index (κ3) is 28.6. The Balaban J connectivity index is 0.000000170. The molecule has 24 nitrogen and oxygen atoms in total. The summed E-state index contributed by atoms with van der Waals surface area (Å²) < 4.78 is 34.3. The van der Waals surface area contributed by atoms with Gasteiger partial charge in [-0.3, -0.25) is 44.2 Å². The molecule has 3 fully saturated rings. The second-order valence-corrected chi connectivity index (χ2v) is 29.3. The SMILES string of the molecule is C(=Nc1ccccc1)Nc1ccccc1.Cc1ccc(C(=O)/C(C#N)=C/Nc2ccccc2)cc1.Cc1ccc(C(=O)CC#N)cc1.Cc1ccc(C(=O)NC2CC2)cc1NN.Cc1ccc(C(=O)c2cnn(-c3cc(C(=O)NC4CC4)ccc3C)c2N)cc1.Cc1ccc(C(=O)c2cnn(-c3cc(C(=O)NC4CC4)ccc3C)c2N)cc1.O=CC(F)(F)F. The average molecular weight is 1670 g/mol. The Morgan fingerprint density at radius 2 is 0.815 bits per heavy atom. The van der Waals surface area contributed by atoms with Crippen LogP contribution in [0.2, 0.25) is 0 Å². The summed E-state index contributed by atoms with van der Waals surface area (Å²) in [7, 11) is 0. The van der Waals surface area contributed by atoms with Crippen LogP contribution in [0, 0.1) is 71.1 Å². The third-order valence-electron chi connectivity index (χ3n) is 19.1. The molecule has 0 spiro atoms. The number of allylic oxidation sites excluding steroid dienone is 1. The number of nitrogens with two attached hydrogens (primary N) is 3. The third-order valence-corrected chi connectivity index (χ3v) is 19.1. The number of nitrogen functional groups attached to an aromatic ring is 3. The van der Waals surface area contributed by atoms with E-state index < -0.39 is 12.5 Å². The van der Waals surface area contributed by atoms with Gasteiger partial charge >= 0.3 is 6.18 Å². The summed E-state index contributed by atoms with van der Waals surface area (Å²) in [5.41, 5.74) is 32.1. The maximum absolute atomic E-state index is 12.8. The lowest BCUT2D eigenvalue weighted by atomic mass is 10.0. The molecule has 27 heteroatoms. The number of halogens is 3. The molecule has 3 amide bonds. The maximum atomic E-state index is 12.8. The summed E-state index contributed by atoms with van der Waals surface area (Å²) in [4.78, 5) is 98.3. The van der Waals surface area contributed by atoms with Crippen molar-refractivity contribution in [2.24, 2.45) is 10.8 Å². The average Bonchev–Trinajstić information content (AvgIpc) is 1.64. The number of hydrazine groups is 1. The van der Waals surface area contributed by atoms with E-state index in [1.807, 2.05) is 224 Å². The number of alkyl halides is 3. The first kappa shape index (κ1) is 92.4. The fraction of sp³-hybridized carbons (Fsp3) is 0.186. The van der Waals surface area contributed by atoms with E-state index in [1.54, 1.807) is 85.2 Å². The maximum Gasteiger partial charge on any atom is 0.446 e. The van der Waals surface area contributed by atoms with Crippen molar-refractivity contribution < 1.29 is 51.5 Å². The molecule has 2 heterocycles. The van der Waals surface area contributed by atoms with Crippen molar-refractivity contribution in [3.63, 3.8) is 0 Å². The van der Waals surface area contributed by atoms with Gasteiger partial charge in [-0.05, 0) is 176 Å². The van der Waals surface area contributed by atoms with E-state index in [1.165, 1.54) is 28.0 Å². The number of rotatable bonds is 22. The Labute approximate surface area is 717 Å². The quantitative estimate of drug-likeness (QED) is 0.00445. The molecule has 0 bridgehead atoms. The number of nitrogens with zero attached hydrogens (tertiary/aromatic N) is 7. The Bertz CT molecular complexity index is 5680. The van der Waals surface area contributed by atoms with Crippen LogP contribution in [0.5, 0.6) is 0 Å². The molecular weight excluding hydrogens is 1570 g/mol. The van der Waals surface area contributed by atoms with Crippen molar-refractivity contribution in [2.75, 3.05) is 27.5 Å². The van der Waals surface area contributed by atoms with Crippen molar-refractivity contribution in [3.8, 4) is 23.5 Å². The molecule has 3 aliphatic carbocycles. The van der Waals surface area contributed by atoms with Crippen LogP contribution in [0.4, 0.5) is 47.6 Å². The topological polar surface area (TPSA) is 382 Å². The van der Waals surface area contributed by atoms with Gasteiger partial charge in [-0.25, -0.2) is 14.4 Å². The number of amides is 3. The van der Waals surface area contributed by atoms with Gasteiger partial charge in [0.2, 0.25) is 12.1 Å². The zero-order valence-corrected chi connectivity index (χ0v) is 69.4. The number of benzene rings is 10. The highest BCUT2D eigenvalue weighted by molar-refractivity contribution is 6.13. The number of carbonyl (C=O) groups is 8. The Kier molecular flexibility index (Phi) is 33.6. The number of nitrogens with one attached hydrogen (secondary N) is 6. The van der Waals surface area contributed by atoms with E-state index in [0.717, 1.165) is 100 Å². The predicted molar refractivity (Wildman–Crippen MR) is 477 cm³/mol. The summed E-state index contributed by atoms with van der Waals surface area (Å²) in [5.74, 6) is 4.89. The number of hydrogen-bond donors (Lipinski definition) is 9. The van der Waals surface area contributed by atoms with Gasteiger partial charge in [-0.1, -0.05) is 192 Å². The smallest absolute Gasteiger partial charge is 0.383 e. The summed E-state index contributed by atoms with van der Waals surface area (Å²) in [6, 6.07) is 79.2. The van der Waals surface area contributed by atoms with Gasteiger partial charge in [-0.15, -0.1) is 0 Å². The molecule has 3 saturated carbocycles. The van der Waals surface area contributed by atoms with Gasteiger partial charge in [0.15, 0.2) is 17.3 Å². The molecule has 0 saturated heterocycles. The van der Waals surface area contributed by atoms with Crippen LogP contribution in [0.25, 0.3) is 11.4 Å². The highest BCUT2D eigenvalue weighted by Crippen LogP contribution is 2.29. The number of anilines is 5. The lowest BCUT2D eigenvalue weighted by Crippen LogP contribution is -2.25. The van der Waals surface area contributed by atoms with Crippen LogP contribution in [0.1, 0.15) is 168 Å². The number of aliphatic imine (C=N–C) groups is 1. The monoisotopic (exact) mass is 1670 g/mol. The van der Waals surface area contributed by atoms with E-state index in [4.69, 9.17) is 32.6 Å². The van der Waals surface area contributed by atoms with Gasteiger partial charge in [0, 0.05) is 74.6 Å².